The van der Waals surface area contributed by atoms with Crippen LogP contribution >= 0.6 is 31.9 Å². The minimum absolute atomic E-state index is 0.565. The fraction of sp³-hybridized carbons (Fsp3) is 1.00. The summed E-state index contributed by atoms with van der Waals surface area (Å²) in [6.45, 7) is 1.13. The molecule has 0 saturated heterocycles. The molecule has 0 aromatic rings. The first-order valence-electron chi connectivity index (χ1n) is 5.84. The second-order valence-electron chi connectivity index (χ2n) is 3.55. The molecule has 0 radical (unpaired) electrons. The third-order valence-corrected chi connectivity index (χ3v) is 3.20. The molecule has 0 aromatic carbocycles. The van der Waals surface area contributed by atoms with E-state index in [4.69, 9.17) is 9.31 Å². The lowest BCUT2D eigenvalue weighted by molar-refractivity contribution is 0.129. The molecule has 96 valence electrons. The summed E-state index contributed by atoms with van der Waals surface area (Å²) in [7, 11) is -1.05. The van der Waals surface area contributed by atoms with Gasteiger partial charge in [0.05, 0.1) is 0 Å². The van der Waals surface area contributed by atoms with Gasteiger partial charge in [0.25, 0.3) is 0 Å². The highest BCUT2D eigenvalue weighted by molar-refractivity contribution is 9.09. The topological polar surface area (TPSA) is 38.7 Å². The molecule has 6 heteroatoms. The molecule has 0 heterocycles. The highest BCUT2D eigenvalue weighted by Gasteiger charge is 2.14. The summed E-state index contributed by atoms with van der Waals surface area (Å²) in [4.78, 5) is 0. The Bertz CT molecular complexity index is 127. The molecule has 0 spiro atoms. The van der Waals surface area contributed by atoms with Gasteiger partial charge in [-0.25, -0.2) is 0 Å². The van der Waals surface area contributed by atoms with Crippen LogP contribution in [-0.4, -0.2) is 36.2 Å². The lowest BCUT2D eigenvalue weighted by Crippen LogP contribution is -2.23. The van der Waals surface area contributed by atoms with Crippen LogP contribution in [0.25, 0.3) is 0 Å². The molecular formula is C10H21BBr2O3. The van der Waals surface area contributed by atoms with Crippen molar-refractivity contribution in [2.75, 3.05) is 23.9 Å². The van der Waals surface area contributed by atoms with Gasteiger partial charge in [-0.1, -0.05) is 44.7 Å². The van der Waals surface area contributed by atoms with Gasteiger partial charge in [-0.2, -0.15) is 0 Å². The summed E-state index contributed by atoms with van der Waals surface area (Å²) in [5.41, 5.74) is 0. The predicted octanol–water partition coefficient (Wildman–Crippen LogP) is 3.13. The number of unbranched alkanes of at least 4 members (excludes halogenated alkanes) is 4. The first-order chi connectivity index (χ1) is 7.81. The van der Waals surface area contributed by atoms with Crippen LogP contribution in [0, 0.1) is 0 Å². The van der Waals surface area contributed by atoms with Crippen molar-refractivity contribution in [2.45, 2.75) is 38.5 Å². The van der Waals surface area contributed by atoms with E-state index in [9.17, 15) is 5.02 Å². The van der Waals surface area contributed by atoms with Crippen LogP contribution in [0.5, 0.6) is 0 Å². The molecule has 0 fully saturated rings. The Labute approximate surface area is 116 Å². The summed E-state index contributed by atoms with van der Waals surface area (Å²) < 4.78 is 10.2. The molecule has 1 N–H and O–H groups in total. The molecular weight excluding hydrogens is 339 g/mol. The first-order valence-corrected chi connectivity index (χ1v) is 8.08. The van der Waals surface area contributed by atoms with Gasteiger partial charge in [0, 0.05) is 23.9 Å². The van der Waals surface area contributed by atoms with Crippen molar-refractivity contribution in [1.82, 2.24) is 0 Å². The smallest absolute Gasteiger partial charge is 0.402 e. The zero-order chi connectivity index (χ0) is 12.1. The molecule has 3 nitrogen and oxygen atoms in total. The van der Waals surface area contributed by atoms with Gasteiger partial charge in [-0.3, -0.25) is 0 Å². The highest BCUT2D eigenvalue weighted by atomic mass is 79.9. The van der Waals surface area contributed by atoms with E-state index in [0.717, 1.165) is 49.2 Å². The van der Waals surface area contributed by atoms with Gasteiger partial charge in [-0.15, -0.1) is 0 Å². The molecule has 0 aliphatic carbocycles. The van der Waals surface area contributed by atoms with Gasteiger partial charge < -0.3 is 14.3 Å². The van der Waals surface area contributed by atoms with Crippen LogP contribution in [0.1, 0.15) is 38.5 Å². The van der Waals surface area contributed by atoms with E-state index in [1.165, 1.54) is 0 Å². The van der Waals surface area contributed by atoms with Gasteiger partial charge in [0.2, 0.25) is 0 Å². The van der Waals surface area contributed by atoms with E-state index in [0.29, 0.717) is 13.2 Å². The Balaban J connectivity index is 3.09. The molecule has 0 aromatic heterocycles. The van der Waals surface area contributed by atoms with Gasteiger partial charge in [-0.05, 0) is 25.7 Å². The van der Waals surface area contributed by atoms with Crippen LogP contribution in [0.4, 0.5) is 0 Å². The van der Waals surface area contributed by atoms with Crippen LogP contribution in [0.15, 0.2) is 0 Å². The van der Waals surface area contributed by atoms with E-state index in [1.807, 2.05) is 0 Å². The Hall–Kier alpha value is 0.905. The standard InChI is InChI=1S/C10H21BBr2O3/c12-7-3-1-5-9-15-11(14)16-10-6-2-4-8-13/h14H,1-10H2. The van der Waals surface area contributed by atoms with E-state index in [1.54, 1.807) is 0 Å². The largest absolute Gasteiger partial charge is 0.636 e. The van der Waals surface area contributed by atoms with Gasteiger partial charge in [0.1, 0.15) is 0 Å². The van der Waals surface area contributed by atoms with Crippen molar-refractivity contribution in [3.63, 3.8) is 0 Å². The number of alkyl halides is 2. The lowest BCUT2D eigenvalue weighted by Gasteiger charge is -2.08. The Morgan fingerprint density at radius 1 is 0.750 bits per heavy atom. The van der Waals surface area contributed by atoms with Crippen LogP contribution in [0.2, 0.25) is 0 Å². The minimum atomic E-state index is -1.05. The summed E-state index contributed by atoms with van der Waals surface area (Å²) in [6, 6.07) is 0. The average Bonchev–Trinajstić information content (AvgIpc) is 2.28. The Morgan fingerprint density at radius 3 is 1.56 bits per heavy atom. The number of halogens is 2. The van der Waals surface area contributed by atoms with Gasteiger partial charge in [0.15, 0.2) is 0 Å². The van der Waals surface area contributed by atoms with E-state index in [-0.39, 0.29) is 0 Å². The van der Waals surface area contributed by atoms with Gasteiger partial charge >= 0.3 is 7.32 Å². The summed E-state index contributed by atoms with van der Waals surface area (Å²) >= 11 is 6.73. The maximum Gasteiger partial charge on any atom is 0.636 e. The fourth-order valence-electron chi connectivity index (χ4n) is 1.16. The SMILES string of the molecule is OB(OCCCCCBr)OCCCCCBr. The molecule has 16 heavy (non-hydrogen) atoms. The third kappa shape index (κ3) is 13.0. The Kier molecular flexibility index (Phi) is 14.8. The molecule has 0 saturated carbocycles. The average molecular weight is 360 g/mol. The summed E-state index contributed by atoms with van der Waals surface area (Å²) in [6.07, 6.45) is 6.46. The van der Waals surface area contributed by atoms with Crippen molar-refractivity contribution in [2.24, 2.45) is 0 Å². The molecule has 0 aliphatic heterocycles. The lowest BCUT2D eigenvalue weighted by atomic mass is 10.2. The second kappa shape index (κ2) is 14.0. The maximum atomic E-state index is 9.30. The fourth-order valence-corrected chi connectivity index (χ4v) is 1.96. The number of rotatable bonds is 12. The zero-order valence-electron chi connectivity index (χ0n) is 9.67. The first kappa shape index (κ1) is 16.9. The molecule has 0 amide bonds. The van der Waals surface area contributed by atoms with Crippen molar-refractivity contribution < 1.29 is 14.3 Å². The summed E-state index contributed by atoms with van der Waals surface area (Å²) in [5, 5.41) is 11.4. The normalized spacial score (nSPS) is 10.7. The summed E-state index contributed by atoms with van der Waals surface area (Å²) in [5.74, 6) is 0. The Morgan fingerprint density at radius 2 is 1.19 bits per heavy atom. The van der Waals surface area contributed by atoms with Crippen molar-refractivity contribution in [3.8, 4) is 0 Å². The highest BCUT2D eigenvalue weighted by Crippen LogP contribution is 2.01. The van der Waals surface area contributed by atoms with E-state index >= 15 is 0 Å². The predicted molar refractivity (Wildman–Crippen MR) is 75.2 cm³/mol. The van der Waals surface area contributed by atoms with Crippen LogP contribution < -0.4 is 0 Å². The van der Waals surface area contributed by atoms with Crippen molar-refractivity contribution in [3.05, 3.63) is 0 Å². The third-order valence-electron chi connectivity index (χ3n) is 2.08. The number of hydrogen-bond donors (Lipinski definition) is 1. The molecule has 0 unspecified atom stereocenters. The molecule has 0 aliphatic rings. The molecule has 0 rings (SSSR count). The minimum Gasteiger partial charge on any atom is -0.402 e. The quantitative estimate of drug-likeness (QED) is 0.330. The molecule has 0 atom stereocenters. The van der Waals surface area contributed by atoms with Crippen molar-refractivity contribution >= 4 is 39.2 Å². The van der Waals surface area contributed by atoms with Crippen molar-refractivity contribution in [1.29, 1.82) is 0 Å². The maximum absolute atomic E-state index is 9.30. The number of hydrogen-bond acceptors (Lipinski definition) is 3. The monoisotopic (exact) mass is 358 g/mol. The van der Waals surface area contributed by atoms with E-state index < -0.39 is 7.32 Å². The van der Waals surface area contributed by atoms with Crippen LogP contribution in [-0.2, 0) is 9.31 Å². The van der Waals surface area contributed by atoms with Crippen LogP contribution in [0.3, 0.4) is 0 Å². The van der Waals surface area contributed by atoms with E-state index in [2.05, 4.69) is 31.9 Å². The molecule has 0 bridgehead atoms. The zero-order valence-corrected chi connectivity index (χ0v) is 12.8. The second-order valence-corrected chi connectivity index (χ2v) is 5.13.